The molecule has 4 nitrogen and oxygen atoms in total. The van der Waals surface area contributed by atoms with Crippen molar-refractivity contribution in [2.75, 3.05) is 0 Å². The van der Waals surface area contributed by atoms with Crippen molar-refractivity contribution in [2.24, 2.45) is 0 Å². The van der Waals surface area contributed by atoms with E-state index in [0.29, 0.717) is 0 Å². The Labute approximate surface area is 194 Å². The molecule has 0 aliphatic heterocycles. The van der Waals surface area contributed by atoms with Gasteiger partial charge < -0.3 is 9.47 Å². The molecule has 0 spiro atoms. The van der Waals surface area contributed by atoms with Crippen molar-refractivity contribution in [3.63, 3.8) is 0 Å². The van der Waals surface area contributed by atoms with Gasteiger partial charge in [0.1, 0.15) is 11.6 Å². The minimum absolute atomic E-state index is 0.121. The third-order valence-corrected chi connectivity index (χ3v) is 4.83. The average molecular weight is 456 g/mol. The monoisotopic (exact) mass is 456 g/mol. The Morgan fingerprint density at radius 1 is 0.441 bits per heavy atom. The molecule has 0 unspecified atom stereocenters. The van der Waals surface area contributed by atoms with Gasteiger partial charge in [-0.15, -0.1) is 0 Å². The second-order valence-electron chi connectivity index (χ2n) is 7.18. The van der Waals surface area contributed by atoms with Gasteiger partial charge >= 0.3 is 11.9 Å². The number of benzene rings is 4. The SMILES string of the molecule is O=C(O/C(=C(/OC(=O)c1ccccc1)c1ccc(F)cc1)c1ccc(F)cc1)c1ccccc1. The van der Waals surface area contributed by atoms with Crippen molar-refractivity contribution < 1.29 is 27.8 Å². The highest BCUT2D eigenvalue weighted by atomic mass is 19.1. The second-order valence-corrected chi connectivity index (χ2v) is 7.18. The lowest BCUT2D eigenvalue weighted by Crippen LogP contribution is -2.11. The van der Waals surface area contributed by atoms with Crippen molar-refractivity contribution in [1.82, 2.24) is 0 Å². The lowest BCUT2D eigenvalue weighted by molar-refractivity contribution is 0.0646. The van der Waals surface area contributed by atoms with Gasteiger partial charge in [-0.1, -0.05) is 36.4 Å². The van der Waals surface area contributed by atoms with Crippen LogP contribution >= 0.6 is 0 Å². The van der Waals surface area contributed by atoms with Crippen LogP contribution in [0.5, 0.6) is 0 Å². The van der Waals surface area contributed by atoms with Crippen molar-refractivity contribution in [3.05, 3.63) is 143 Å². The third kappa shape index (κ3) is 5.42. The van der Waals surface area contributed by atoms with Gasteiger partial charge in [0.2, 0.25) is 0 Å². The summed E-state index contributed by atoms with van der Waals surface area (Å²) >= 11 is 0. The van der Waals surface area contributed by atoms with Crippen LogP contribution in [0, 0.1) is 11.6 Å². The molecule has 0 heterocycles. The zero-order valence-corrected chi connectivity index (χ0v) is 17.8. The molecule has 0 aliphatic carbocycles. The van der Waals surface area contributed by atoms with Crippen molar-refractivity contribution in [1.29, 1.82) is 0 Å². The summed E-state index contributed by atoms with van der Waals surface area (Å²) in [6, 6.07) is 26.8. The van der Waals surface area contributed by atoms with E-state index < -0.39 is 23.6 Å². The van der Waals surface area contributed by atoms with E-state index in [9.17, 15) is 18.4 Å². The molecule has 0 radical (unpaired) electrons. The fourth-order valence-electron chi connectivity index (χ4n) is 3.13. The van der Waals surface area contributed by atoms with Crippen LogP contribution in [0.3, 0.4) is 0 Å². The highest BCUT2D eigenvalue weighted by Crippen LogP contribution is 2.31. The number of carbonyl (C=O) groups excluding carboxylic acids is 2. The number of rotatable bonds is 6. The fraction of sp³-hybridized carbons (Fsp3) is 0. The van der Waals surface area contributed by atoms with E-state index in [4.69, 9.17) is 9.47 Å². The predicted molar refractivity (Wildman–Crippen MR) is 123 cm³/mol. The van der Waals surface area contributed by atoms with E-state index in [0.717, 1.165) is 0 Å². The average Bonchev–Trinajstić information content (AvgIpc) is 2.88. The van der Waals surface area contributed by atoms with Crippen LogP contribution in [-0.2, 0) is 9.47 Å². The molecule has 0 saturated carbocycles. The number of hydrogen-bond donors (Lipinski definition) is 0. The first-order valence-electron chi connectivity index (χ1n) is 10.3. The van der Waals surface area contributed by atoms with Gasteiger partial charge in [-0.25, -0.2) is 18.4 Å². The maximum absolute atomic E-state index is 13.6. The van der Waals surface area contributed by atoms with Crippen molar-refractivity contribution in [3.8, 4) is 0 Å². The molecule has 4 rings (SSSR count). The zero-order valence-electron chi connectivity index (χ0n) is 17.8. The van der Waals surface area contributed by atoms with E-state index in [-0.39, 0.29) is 33.8 Å². The summed E-state index contributed by atoms with van der Waals surface area (Å²) in [6.45, 7) is 0. The summed E-state index contributed by atoms with van der Waals surface area (Å²) in [4.78, 5) is 25.8. The molecule has 0 bridgehead atoms. The molecular formula is C28H18F2O4. The molecule has 0 amide bonds. The van der Waals surface area contributed by atoms with E-state index in [1.165, 1.54) is 48.5 Å². The molecule has 4 aromatic carbocycles. The number of halogens is 2. The number of ether oxygens (including phenoxy) is 2. The highest BCUT2D eigenvalue weighted by Gasteiger charge is 2.23. The molecule has 0 saturated heterocycles. The van der Waals surface area contributed by atoms with E-state index in [1.54, 1.807) is 60.7 Å². The maximum atomic E-state index is 13.6. The minimum Gasteiger partial charge on any atom is -0.418 e. The molecule has 4 aromatic rings. The van der Waals surface area contributed by atoms with Crippen molar-refractivity contribution in [2.45, 2.75) is 0 Å². The molecule has 0 atom stereocenters. The Bertz CT molecular complexity index is 1210. The van der Waals surface area contributed by atoms with Gasteiger partial charge in [-0.2, -0.15) is 0 Å². The van der Waals surface area contributed by atoms with Gasteiger partial charge in [-0.05, 0) is 72.8 Å². The van der Waals surface area contributed by atoms with Gasteiger partial charge in [-0.3, -0.25) is 0 Å². The van der Waals surface area contributed by atoms with Crippen LogP contribution in [0.1, 0.15) is 31.8 Å². The summed E-state index contributed by atoms with van der Waals surface area (Å²) in [5.74, 6) is -2.66. The Morgan fingerprint density at radius 2 is 0.765 bits per heavy atom. The predicted octanol–water partition coefficient (Wildman–Crippen LogP) is 6.50. The molecule has 0 N–H and O–H groups in total. The topological polar surface area (TPSA) is 52.6 Å². The van der Waals surface area contributed by atoms with Gasteiger partial charge in [0.05, 0.1) is 11.1 Å². The molecule has 6 heteroatoms. The number of esters is 2. The summed E-state index contributed by atoms with van der Waals surface area (Å²) in [5, 5.41) is 0. The summed E-state index contributed by atoms with van der Waals surface area (Å²) in [6.07, 6.45) is 0. The Hall–Kier alpha value is -4.58. The highest BCUT2D eigenvalue weighted by molar-refractivity contribution is 6.00. The van der Waals surface area contributed by atoms with Gasteiger partial charge in [0, 0.05) is 11.1 Å². The van der Waals surface area contributed by atoms with Gasteiger partial charge in [0.25, 0.3) is 0 Å². The largest absolute Gasteiger partial charge is 0.418 e. The van der Waals surface area contributed by atoms with Crippen LogP contribution in [0.4, 0.5) is 8.78 Å². The van der Waals surface area contributed by atoms with Crippen LogP contribution in [0.15, 0.2) is 109 Å². The quantitative estimate of drug-likeness (QED) is 0.189. The number of carbonyl (C=O) groups is 2. The normalized spacial score (nSPS) is 11.4. The fourth-order valence-corrected chi connectivity index (χ4v) is 3.13. The maximum Gasteiger partial charge on any atom is 0.343 e. The van der Waals surface area contributed by atoms with Crippen LogP contribution in [-0.4, -0.2) is 11.9 Å². The molecular weight excluding hydrogens is 438 g/mol. The summed E-state index contributed by atoms with van der Waals surface area (Å²) in [5.41, 5.74) is 1.08. The summed E-state index contributed by atoms with van der Waals surface area (Å²) < 4.78 is 38.6. The van der Waals surface area contributed by atoms with Crippen LogP contribution < -0.4 is 0 Å². The lowest BCUT2D eigenvalue weighted by atomic mass is 10.1. The minimum atomic E-state index is -0.713. The number of hydrogen-bond acceptors (Lipinski definition) is 4. The first-order valence-corrected chi connectivity index (χ1v) is 10.3. The van der Waals surface area contributed by atoms with Crippen LogP contribution in [0.2, 0.25) is 0 Å². The molecule has 34 heavy (non-hydrogen) atoms. The Balaban J connectivity index is 1.86. The summed E-state index contributed by atoms with van der Waals surface area (Å²) in [7, 11) is 0. The third-order valence-electron chi connectivity index (χ3n) is 4.83. The molecule has 0 fully saturated rings. The lowest BCUT2D eigenvalue weighted by Gasteiger charge is -2.16. The first kappa shape index (κ1) is 22.6. The van der Waals surface area contributed by atoms with Crippen molar-refractivity contribution >= 4 is 23.5 Å². The zero-order chi connectivity index (χ0) is 23.9. The van der Waals surface area contributed by atoms with E-state index >= 15 is 0 Å². The Morgan fingerprint density at radius 3 is 1.09 bits per heavy atom. The second kappa shape index (κ2) is 10.4. The molecule has 168 valence electrons. The smallest absolute Gasteiger partial charge is 0.343 e. The Kier molecular flexibility index (Phi) is 6.89. The molecule has 0 aromatic heterocycles. The molecule has 0 aliphatic rings. The standard InChI is InChI=1S/C28H18F2O4/c29-23-15-11-19(12-16-23)25(33-27(31)21-7-3-1-4-8-21)26(20-13-17-24(30)18-14-20)34-28(32)22-9-5-2-6-10-22/h1-18H/b26-25+. The van der Waals surface area contributed by atoms with Gasteiger partial charge in [0.15, 0.2) is 11.5 Å². The van der Waals surface area contributed by atoms with E-state index in [1.807, 2.05) is 0 Å². The first-order chi connectivity index (χ1) is 16.5. The van der Waals surface area contributed by atoms with Crippen LogP contribution in [0.25, 0.3) is 11.5 Å². The van der Waals surface area contributed by atoms with E-state index in [2.05, 4.69) is 0 Å².